The zero-order valence-corrected chi connectivity index (χ0v) is 16.6. The Morgan fingerprint density at radius 1 is 0.727 bits per heavy atom. The monoisotopic (exact) mass is 401 g/mol. The Bertz CT molecular complexity index is 130. The third kappa shape index (κ3) is 59.1. The first-order chi connectivity index (χ1) is 10.7. The van der Waals surface area contributed by atoms with E-state index in [9.17, 15) is 0 Å². The van der Waals surface area contributed by atoms with E-state index < -0.39 is 0 Å². The minimum absolute atomic E-state index is 0.300. The van der Waals surface area contributed by atoms with E-state index >= 15 is 0 Å². The molecule has 0 aliphatic rings. The Morgan fingerprint density at radius 3 is 1.23 bits per heavy atom. The zero-order valence-electron chi connectivity index (χ0n) is 14.2. The summed E-state index contributed by atoms with van der Waals surface area (Å²) < 4.78 is 8.34. The van der Waals surface area contributed by atoms with Gasteiger partial charge in [0.05, 0.1) is 0 Å². The first-order valence-electron chi connectivity index (χ1n) is 7.45. The molecule has 8 N–H and O–H groups in total. The molecule has 0 spiro atoms. The van der Waals surface area contributed by atoms with Crippen LogP contribution in [0.3, 0.4) is 0 Å². The van der Waals surface area contributed by atoms with Crippen molar-refractivity contribution in [2.24, 2.45) is 0 Å². The van der Waals surface area contributed by atoms with Crippen LogP contribution < -0.4 is 26.9 Å². The van der Waals surface area contributed by atoms with Crippen LogP contribution in [0.15, 0.2) is 0 Å². The van der Waals surface area contributed by atoms with E-state index in [4.69, 9.17) is 19.0 Å². The Balaban J connectivity index is -0.000000105. The molecule has 0 saturated heterocycles. The Hall–Kier alpha value is 0.363. The Labute approximate surface area is 150 Å². The van der Waals surface area contributed by atoms with Gasteiger partial charge in [-0.15, -0.1) is 6.54 Å². The maximum atomic E-state index is 8.34. The van der Waals surface area contributed by atoms with E-state index in [1.165, 1.54) is 0 Å². The molecule has 0 aromatic carbocycles. The van der Waals surface area contributed by atoms with Crippen LogP contribution in [0.5, 0.6) is 0 Å². The Kier molecular flexibility index (Phi) is 59.1. The number of hydrogen-bond donors (Lipinski definition) is 7. The fourth-order valence-corrected chi connectivity index (χ4v) is 0.907. The van der Waals surface area contributed by atoms with Crippen LogP contribution in [0.4, 0.5) is 0 Å². The van der Waals surface area contributed by atoms with Crippen molar-refractivity contribution in [3.05, 3.63) is 5.73 Å². The molecule has 0 aromatic heterocycles. The molecule has 0 unspecified atom stereocenters. The summed E-state index contributed by atoms with van der Waals surface area (Å²) in [7, 11) is 0. The molecule has 0 bridgehead atoms. The molecule has 0 saturated carbocycles. The van der Waals surface area contributed by atoms with Crippen LogP contribution in [-0.4, -0.2) is 69.3 Å². The van der Waals surface area contributed by atoms with Crippen molar-refractivity contribution < 1.29 is 38.0 Å². The van der Waals surface area contributed by atoms with E-state index in [-0.39, 0.29) is 0 Å². The number of rotatable bonds is 11. The van der Waals surface area contributed by atoms with Crippen LogP contribution in [0.25, 0.3) is 5.73 Å². The summed E-state index contributed by atoms with van der Waals surface area (Å²) in [6, 6.07) is 0. The summed E-state index contributed by atoms with van der Waals surface area (Å²) in [4.78, 5) is 0. The number of likely N-dealkylation sites (N-methyl/N-ethyl adjacent to an activating group) is 3. The van der Waals surface area contributed by atoms with Gasteiger partial charge < -0.3 is 32.1 Å². The fraction of sp³-hybridized carbons (Fsp3) is 1.00. The summed E-state index contributed by atoms with van der Waals surface area (Å²) >= 11 is 0.300. The van der Waals surface area contributed by atoms with Gasteiger partial charge in [-0.25, -0.2) is 11.0 Å². The van der Waals surface area contributed by atoms with Gasteiger partial charge in [0, 0.05) is 26.2 Å². The first kappa shape index (κ1) is 30.3. The van der Waals surface area contributed by atoms with Crippen LogP contribution in [0.2, 0.25) is 0 Å². The average Bonchev–Trinajstić information content (AvgIpc) is 2.57. The quantitative estimate of drug-likeness (QED) is 0.184. The molecule has 0 aliphatic heterocycles. The Morgan fingerprint density at radius 2 is 1.05 bits per heavy atom. The van der Waals surface area contributed by atoms with Gasteiger partial charge in [-0.3, -0.25) is 0 Å². The van der Waals surface area contributed by atoms with Crippen molar-refractivity contribution in [3.63, 3.8) is 0 Å². The SMILES string of the molecule is CCNCCNO.CCNCCNO.CCNCC[NH-].[O]=[Zr]. The van der Waals surface area contributed by atoms with Crippen molar-refractivity contribution in [3.8, 4) is 0 Å². The van der Waals surface area contributed by atoms with Crippen LogP contribution in [0, 0.1) is 0 Å². The van der Waals surface area contributed by atoms with Crippen molar-refractivity contribution >= 4 is 0 Å². The molecular weight excluding hydrogens is 367 g/mol. The molecule has 0 aliphatic carbocycles. The van der Waals surface area contributed by atoms with Gasteiger partial charge in [-0.05, 0) is 26.2 Å². The molecular formula is C12H35N6O3Zr-. The molecule has 0 heterocycles. The van der Waals surface area contributed by atoms with Crippen molar-refractivity contribution in [2.75, 3.05) is 58.9 Å². The predicted octanol–water partition coefficient (Wildman–Crippen LogP) is -0.324. The van der Waals surface area contributed by atoms with Crippen molar-refractivity contribution in [2.45, 2.75) is 20.8 Å². The molecule has 0 radical (unpaired) electrons. The second kappa shape index (κ2) is 42.9. The molecule has 136 valence electrons. The zero-order chi connectivity index (χ0) is 17.9. The number of hydrogen-bond acceptors (Lipinski definition) is 8. The molecule has 0 aromatic rings. The van der Waals surface area contributed by atoms with Gasteiger partial charge in [0.2, 0.25) is 0 Å². The first-order valence-corrected chi connectivity index (χ1v) is 8.46. The van der Waals surface area contributed by atoms with Gasteiger partial charge >= 0.3 is 27.5 Å². The summed E-state index contributed by atoms with van der Waals surface area (Å²) in [5.41, 5.74) is 10.7. The maximum absolute atomic E-state index is 8.34. The second-order valence-corrected chi connectivity index (χ2v) is 3.63. The molecule has 0 amide bonds. The molecule has 9 nitrogen and oxygen atoms in total. The third-order valence-corrected chi connectivity index (χ3v) is 1.88. The van der Waals surface area contributed by atoms with Crippen LogP contribution in [0.1, 0.15) is 20.8 Å². The second-order valence-electron chi connectivity index (χ2n) is 3.63. The summed E-state index contributed by atoms with van der Waals surface area (Å²) in [5.74, 6) is 0. The van der Waals surface area contributed by atoms with Gasteiger partial charge in [-0.1, -0.05) is 20.8 Å². The number of hydroxylamine groups is 2. The normalized spacial score (nSPS) is 8.59. The van der Waals surface area contributed by atoms with Crippen molar-refractivity contribution in [1.82, 2.24) is 26.9 Å². The molecule has 0 atom stereocenters. The van der Waals surface area contributed by atoms with Gasteiger partial charge in [0.1, 0.15) is 0 Å². The average molecular weight is 403 g/mol. The summed E-state index contributed by atoms with van der Waals surface area (Å²) in [6.07, 6.45) is 0. The predicted molar refractivity (Wildman–Crippen MR) is 85.1 cm³/mol. The fourth-order valence-electron chi connectivity index (χ4n) is 0.907. The van der Waals surface area contributed by atoms with Crippen LogP contribution >= 0.6 is 0 Å². The molecule has 0 fully saturated rings. The van der Waals surface area contributed by atoms with E-state index in [1.54, 1.807) is 0 Å². The van der Waals surface area contributed by atoms with E-state index in [2.05, 4.69) is 16.0 Å². The van der Waals surface area contributed by atoms with E-state index in [0.717, 1.165) is 39.3 Å². The van der Waals surface area contributed by atoms with Crippen LogP contribution in [-0.2, 0) is 27.5 Å². The third-order valence-electron chi connectivity index (χ3n) is 1.88. The van der Waals surface area contributed by atoms with Gasteiger partial charge in [0.15, 0.2) is 0 Å². The summed E-state index contributed by atoms with van der Waals surface area (Å²) in [6.45, 7) is 13.2. The van der Waals surface area contributed by atoms with Crippen molar-refractivity contribution in [1.29, 1.82) is 0 Å². The molecule has 0 rings (SSSR count). The number of nitrogens with one attached hydrogen (secondary N) is 6. The molecule has 22 heavy (non-hydrogen) atoms. The molecule has 10 heteroatoms. The van der Waals surface area contributed by atoms with Gasteiger partial charge in [0.25, 0.3) is 0 Å². The van der Waals surface area contributed by atoms with E-state index in [1.807, 2.05) is 31.7 Å². The minimum atomic E-state index is 0.300. The van der Waals surface area contributed by atoms with E-state index in [0.29, 0.717) is 44.4 Å². The topological polar surface area (TPSA) is 141 Å². The standard InChI is InChI=1S/2C4H12N2O.C4H11N2.O.Zr/c2*1-2-5-3-4-6-7;1-2-6-4-3-5;;/h2*5-7H,2-4H2,1H3;5-6H,2-4H2,1H3;;/q;;-1;;. The van der Waals surface area contributed by atoms with Gasteiger partial charge in [-0.2, -0.15) is 0 Å². The summed E-state index contributed by atoms with van der Waals surface area (Å²) in [5, 5.41) is 25.1.